The largest absolute Gasteiger partial charge is 0.478 e. The fraction of sp³-hybridized carbons (Fsp3) is 0.185. The number of amides is 2. The van der Waals surface area contributed by atoms with E-state index < -0.39 is 34.8 Å². The minimum Gasteiger partial charge on any atom is -0.478 e. The number of amidine groups is 1. The fourth-order valence-corrected chi connectivity index (χ4v) is 5.02. The minimum atomic E-state index is -4.58. The van der Waals surface area contributed by atoms with Gasteiger partial charge in [-0.1, -0.05) is 47.6 Å². The lowest BCUT2D eigenvalue weighted by molar-refractivity contribution is -0.137. The number of alkyl halides is 3. The Kier molecular flexibility index (Phi) is 8.61. The van der Waals surface area contributed by atoms with E-state index in [1.165, 1.54) is 41.3 Å². The molecule has 1 heterocycles. The van der Waals surface area contributed by atoms with Crippen molar-refractivity contribution in [2.45, 2.75) is 24.3 Å². The van der Waals surface area contributed by atoms with Gasteiger partial charge in [0.1, 0.15) is 5.25 Å². The third-order valence-corrected chi connectivity index (χ3v) is 7.18. The van der Waals surface area contributed by atoms with Gasteiger partial charge in [0.2, 0.25) is 11.8 Å². The van der Waals surface area contributed by atoms with Gasteiger partial charge in [0.15, 0.2) is 5.17 Å². The first kappa shape index (κ1) is 28.2. The molecule has 1 aliphatic heterocycles. The minimum absolute atomic E-state index is 0.0214. The van der Waals surface area contributed by atoms with E-state index in [-0.39, 0.29) is 35.1 Å². The van der Waals surface area contributed by atoms with E-state index in [1.54, 1.807) is 24.3 Å². The van der Waals surface area contributed by atoms with Crippen LogP contribution in [0.4, 0.5) is 24.5 Å². The molecule has 7 nitrogen and oxygen atoms in total. The lowest BCUT2D eigenvalue weighted by Gasteiger charge is -2.32. The van der Waals surface area contributed by atoms with Gasteiger partial charge in [0, 0.05) is 23.7 Å². The van der Waals surface area contributed by atoms with Crippen LogP contribution in [-0.4, -0.2) is 44.8 Å². The van der Waals surface area contributed by atoms with E-state index in [4.69, 9.17) is 11.6 Å². The van der Waals surface area contributed by atoms with Crippen LogP contribution in [0.3, 0.4) is 0 Å². The number of anilines is 1. The fourth-order valence-electron chi connectivity index (χ4n) is 3.77. The third kappa shape index (κ3) is 7.39. The molecule has 3 aromatic rings. The van der Waals surface area contributed by atoms with Gasteiger partial charge >= 0.3 is 12.1 Å². The predicted octanol–water partition coefficient (Wildman–Crippen LogP) is 6.26. The molecule has 3 aromatic carbocycles. The van der Waals surface area contributed by atoms with Gasteiger partial charge in [-0.05, 0) is 60.5 Å². The highest BCUT2D eigenvalue weighted by molar-refractivity contribution is 8.15. The van der Waals surface area contributed by atoms with Gasteiger partial charge in [-0.25, -0.2) is 9.79 Å². The summed E-state index contributed by atoms with van der Waals surface area (Å²) in [5.41, 5.74) is 0.173. The van der Waals surface area contributed by atoms with Crippen molar-refractivity contribution in [3.8, 4) is 0 Å². The standard InChI is InChI=1S/C27H21ClF3N3O4S/c28-19-9-7-16(8-10-19)11-12-34-23(35)15-22(24(36)32-20-5-1-3-17(13-20)25(37)38)39-26(34)33-21-6-2-4-18(14-21)27(29,30)31/h1-10,13-14,22H,11-12,15H2,(H,32,36)(H,37,38). The summed E-state index contributed by atoms with van der Waals surface area (Å²) in [6.07, 6.45) is -4.34. The second kappa shape index (κ2) is 11.9. The smallest absolute Gasteiger partial charge is 0.416 e. The van der Waals surface area contributed by atoms with Gasteiger partial charge in [-0.2, -0.15) is 13.2 Å². The number of carbonyl (C=O) groups is 3. The van der Waals surface area contributed by atoms with Crippen molar-refractivity contribution >= 4 is 57.7 Å². The number of hydrogen-bond donors (Lipinski definition) is 2. The Balaban J connectivity index is 1.60. The molecule has 2 amide bonds. The molecule has 0 radical (unpaired) electrons. The average Bonchev–Trinajstić information content (AvgIpc) is 2.89. The van der Waals surface area contributed by atoms with E-state index in [2.05, 4.69) is 10.3 Å². The van der Waals surface area contributed by atoms with Crippen molar-refractivity contribution in [3.63, 3.8) is 0 Å². The number of hydrogen-bond acceptors (Lipinski definition) is 5. The van der Waals surface area contributed by atoms with Crippen LogP contribution in [0.5, 0.6) is 0 Å². The lowest BCUT2D eigenvalue weighted by Crippen LogP contribution is -2.46. The quantitative estimate of drug-likeness (QED) is 0.346. The molecule has 0 bridgehead atoms. The Bertz CT molecular complexity index is 1430. The summed E-state index contributed by atoms with van der Waals surface area (Å²) in [6, 6.07) is 17.0. The molecule has 1 unspecified atom stereocenters. The van der Waals surface area contributed by atoms with Crippen LogP contribution >= 0.6 is 23.4 Å². The highest BCUT2D eigenvalue weighted by Gasteiger charge is 2.36. The zero-order valence-corrected chi connectivity index (χ0v) is 21.7. The molecule has 1 atom stereocenters. The molecular formula is C27H21ClF3N3O4S. The molecule has 0 spiro atoms. The molecule has 1 aliphatic rings. The Hall–Kier alpha value is -3.83. The maximum absolute atomic E-state index is 13.3. The van der Waals surface area contributed by atoms with Crippen LogP contribution in [0.15, 0.2) is 77.8 Å². The maximum atomic E-state index is 13.3. The third-order valence-electron chi connectivity index (χ3n) is 5.74. The zero-order valence-electron chi connectivity index (χ0n) is 20.1. The second-order valence-electron chi connectivity index (χ2n) is 8.55. The van der Waals surface area contributed by atoms with Gasteiger partial charge < -0.3 is 10.4 Å². The number of aromatic carboxylic acids is 1. The summed E-state index contributed by atoms with van der Waals surface area (Å²) in [6.45, 7) is 0.181. The molecular weight excluding hydrogens is 555 g/mol. The van der Waals surface area contributed by atoms with Crippen molar-refractivity contribution in [2.24, 2.45) is 4.99 Å². The van der Waals surface area contributed by atoms with E-state index >= 15 is 0 Å². The summed E-state index contributed by atoms with van der Waals surface area (Å²) in [7, 11) is 0. The SMILES string of the molecule is O=C(O)c1cccc(NC(=O)C2CC(=O)N(CCc3ccc(Cl)cc3)C(=Nc3cccc(C(F)(F)F)c3)S2)c1. The van der Waals surface area contributed by atoms with Crippen molar-refractivity contribution in [1.29, 1.82) is 0 Å². The van der Waals surface area contributed by atoms with Gasteiger partial charge in [-0.3, -0.25) is 14.5 Å². The molecule has 1 saturated heterocycles. The molecule has 202 valence electrons. The Morgan fingerprint density at radius 2 is 1.79 bits per heavy atom. The number of nitrogens with one attached hydrogen (secondary N) is 1. The van der Waals surface area contributed by atoms with E-state index in [0.717, 1.165) is 29.5 Å². The molecule has 39 heavy (non-hydrogen) atoms. The molecule has 2 N–H and O–H groups in total. The topological polar surface area (TPSA) is 99.1 Å². The van der Waals surface area contributed by atoms with E-state index in [0.29, 0.717) is 11.4 Å². The predicted molar refractivity (Wildman–Crippen MR) is 143 cm³/mol. The lowest BCUT2D eigenvalue weighted by atomic mass is 10.1. The van der Waals surface area contributed by atoms with Gasteiger partial charge in [-0.15, -0.1) is 0 Å². The second-order valence-corrected chi connectivity index (χ2v) is 10.2. The molecule has 4 rings (SSSR count). The average molecular weight is 576 g/mol. The Morgan fingerprint density at radius 1 is 1.08 bits per heavy atom. The van der Waals surface area contributed by atoms with Gasteiger partial charge in [0.05, 0.1) is 16.8 Å². The summed E-state index contributed by atoms with van der Waals surface area (Å²) in [5, 5.41) is 11.5. The van der Waals surface area contributed by atoms with Crippen LogP contribution in [0.2, 0.25) is 5.02 Å². The van der Waals surface area contributed by atoms with Crippen molar-refractivity contribution < 1.29 is 32.7 Å². The number of aliphatic imine (C=N–C) groups is 1. The van der Waals surface area contributed by atoms with Crippen LogP contribution in [0.25, 0.3) is 0 Å². The number of carboxylic acids is 1. The number of benzene rings is 3. The number of halogens is 4. The summed E-state index contributed by atoms with van der Waals surface area (Å²) < 4.78 is 39.8. The number of carbonyl (C=O) groups excluding carboxylic acids is 2. The number of nitrogens with zero attached hydrogens (tertiary/aromatic N) is 2. The van der Waals surface area contributed by atoms with Crippen molar-refractivity contribution in [1.82, 2.24) is 4.90 Å². The van der Waals surface area contributed by atoms with Crippen LogP contribution in [-0.2, 0) is 22.2 Å². The zero-order chi connectivity index (χ0) is 28.2. The maximum Gasteiger partial charge on any atom is 0.416 e. The summed E-state index contributed by atoms with van der Waals surface area (Å²) in [4.78, 5) is 43.1. The van der Waals surface area contributed by atoms with Crippen molar-refractivity contribution in [2.75, 3.05) is 11.9 Å². The normalized spacial score (nSPS) is 16.8. The van der Waals surface area contributed by atoms with Gasteiger partial charge in [0.25, 0.3) is 0 Å². The van der Waals surface area contributed by atoms with E-state index in [1.807, 2.05) is 0 Å². The summed E-state index contributed by atoms with van der Waals surface area (Å²) >= 11 is 6.89. The molecule has 1 fully saturated rings. The van der Waals surface area contributed by atoms with E-state index in [9.17, 15) is 32.7 Å². The first-order chi connectivity index (χ1) is 18.5. The van der Waals surface area contributed by atoms with Crippen LogP contribution in [0, 0.1) is 0 Å². The number of carboxylic acid groups (broad SMARTS) is 1. The highest BCUT2D eigenvalue weighted by Crippen LogP contribution is 2.34. The molecule has 12 heteroatoms. The monoisotopic (exact) mass is 575 g/mol. The first-order valence-corrected chi connectivity index (χ1v) is 12.9. The van der Waals surface area contributed by atoms with Crippen LogP contribution < -0.4 is 5.32 Å². The number of thioether (sulfide) groups is 1. The van der Waals surface area contributed by atoms with Crippen LogP contribution in [0.1, 0.15) is 27.9 Å². The Labute approximate surface area is 230 Å². The number of rotatable bonds is 7. The highest BCUT2D eigenvalue weighted by atomic mass is 35.5. The molecule has 0 aliphatic carbocycles. The van der Waals surface area contributed by atoms with Crippen molar-refractivity contribution in [3.05, 3.63) is 94.5 Å². The summed E-state index contributed by atoms with van der Waals surface area (Å²) in [5.74, 6) is -2.15. The molecule has 0 aromatic heterocycles. The Morgan fingerprint density at radius 3 is 2.49 bits per heavy atom. The molecule has 0 saturated carbocycles. The first-order valence-electron chi connectivity index (χ1n) is 11.6.